The summed E-state index contributed by atoms with van der Waals surface area (Å²) in [5.74, 6) is 0.366. The third-order valence-corrected chi connectivity index (χ3v) is 3.55. The predicted octanol–water partition coefficient (Wildman–Crippen LogP) is 2.89. The highest BCUT2D eigenvalue weighted by molar-refractivity contribution is 5.74. The first-order chi connectivity index (χ1) is 10.0. The molecule has 0 spiro atoms. The van der Waals surface area contributed by atoms with Crippen molar-refractivity contribution < 1.29 is 14.3 Å². The summed E-state index contributed by atoms with van der Waals surface area (Å²) in [4.78, 5) is 15.9. The number of hydrogen-bond acceptors (Lipinski definition) is 4. The van der Waals surface area contributed by atoms with Crippen molar-refractivity contribution in [1.82, 2.24) is 5.32 Å². The fourth-order valence-electron chi connectivity index (χ4n) is 2.57. The molecule has 0 aromatic carbocycles. The maximum absolute atomic E-state index is 11.5. The Bertz CT molecular complexity index is 334. The van der Waals surface area contributed by atoms with Gasteiger partial charge in [-0.2, -0.15) is 0 Å². The van der Waals surface area contributed by atoms with Gasteiger partial charge in [0.05, 0.1) is 6.61 Å². The van der Waals surface area contributed by atoms with Crippen LogP contribution in [0.5, 0.6) is 0 Å². The number of hydrogen-bond donors (Lipinski definition) is 1. The molecule has 0 unspecified atom stereocenters. The Labute approximate surface area is 128 Å². The van der Waals surface area contributed by atoms with Crippen molar-refractivity contribution in [3.05, 3.63) is 0 Å². The van der Waals surface area contributed by atoms with Crippen molar-refractivity contribution in [2.75, 3.05) is 13.2 Å². The second-order valence-electron chi connectivity index (χ2n) is 5.85. The zero-order valence-electron chi connectivity index (χ0n) is 13.9. The molecule has 0 amide bonds. The van der Waals surface area contributed by atoms with Gasteiger partial charge in [-0.1, -0.05) is 0 Å². The molecule has 0 aromatic rings. The molecular formula is C16H30N2O3. The number of nitrogens with one attached hydrogen (secondary N) is 1. The molecule has 1 rings (SSSR count). The number of ether oxygens (including phenoxy) is 2. The summed E-state index contributed by atoms with van der Waals surface area (Å²) in [6.07, 6.45) is 4.75. The van der Waals surface area contributed by atoms with Crippen LogP contribution in [0, 0.1) is 5.92 Å². The SMILES string of the molecule is CCN=C(NC(C)C)OC1CCC(CC(=O)OCC)CC1. The Kier molecular flexibility index (Phi) is 8.16. The van der Waals surface area contributed by atoms with E-state index in [0.717, 1.165) is 25.7 Å². The van der Waals surface area contributed by atoms with E-state index in [4.69, 9.17) is 9.47 Å². The van der Waals surface area contributed by atoms with E-state index in [1.165, 1.54) is 0 Å². The number of carbonyl (C=O) groups is 1. The van der Waals surface area contributed by atoms with Crippen LogP contribution in [-0.4, -0.2) is 37.3 Å². The molecular weight excluding hydrogens is 268 g/mol. The van der Waals surface area contributed by atoms with Crippen LogP contribution in [0.3, 0.4) is 0 Å². The highest BCUT2D eigenvalue weighted by Crippen LogP contribution is 2.28. The van der Waals surface area contributed by atoms with Crippen LogP contribution in [0.15, 0.2) is 4.99 Å². The van der Waals surface area contributed by atoms with Crippen LogP contribution in [0.25, 0.3) is 0 Å². The van der Waals surface area contributed by atoms with Crippen molar-refractivity contribution >= 4 is 12.0 Å². The predicted molar refractivity (Wildman–Crippen MR) is 84.3 cm³/mol. The highest BCUT2D eigenvalue weighted by atomic mass is 16.5. The van der Waals surface area contributed by atoms with Gasteiger partial charge in [-0.15, -0.1) is 0 Å². The minimum absolute atomic E-state index is 0.0726. The van der Waals surface area contributed by atoms with E-state index in [2.05, 4.69) is 24.2 Å². The fraction of sp³-hybridized carbons (Fsp3) is 0.875. The van der Waals surface area contributed by atoms with Crippen LogP contribution in [0.1, 0.15) is 59.8 Å². The summed E-state index contributed by atoms with van der Waals surface area (Å²) in [6.45, 7) is 9.18. The Hall–Kier alpha value is -1.26. The van der Waals surface area contributed by atoms with E-state index in [1.807, 2.05) is 13.8 Å². The molecule has 0 aromatic heterocycles. The van der Waals surface area contributed by atoms with Crippen LogP contribution in [0.2, 0.25) is 0 Å². The van der Waals surface area contributed by atoms with Gasteiger partial charge in [0.15, 0.2) is 0 Å². The number of rotatable bonds is 6. The second-order valence-corrected chi connectivity index (χ2v) is 5.85. The second kappa shape index (κ2) is 9.64. The molecule has 1 aliphatic rings. The van der Waals surface area contributed by atoms with E-state index in [9.17, 15) is 4.79 Å². The lowest BCUT2D eigenvalue weighted by Gasteiger charge is -2.29. The molecule has 0 aliphatic heterocycles. The van der Waals surface area contributed by atoms with E-state index in [1.54, 1.807) is 0 Å². The van der Waals surface area contributed by atoms with Gasteiger partial charge in [0.1, 0.15) is 6.10 Å². The van der Waals surface area contributed by atoms with Crippen molar-refractivity contribution in [3.63, 3.8) is 0 Å². The quantitative estimate of drug-likeness (QED) is 0.465. The summed E-state index contributed by atoms with van der Waals surface area (Å²) in [7, 11) is 0. The number of esters is 1. The molecule has 5 nitrogen and oxygen atoms in total. The summed E-state index contributed by atoms with van der Waals surface area (Å²) in [5.41, 5.74) is 0. The molecule has 5 heteroatoms. The van der Waals surface area contributed by atoms with Gasteiger partial charge >= 0.3 is 5.97 Å². The molecule has 0 heterocycles. The van der Waals surface area contributed by atoms with Crippen LogP contribution >= 0.6 is 0 Å². The van der Waals surface area contributed by atoms with Crippen molar-refractivity contribution in [2.45, 2.75) is 71.9 Å². The number of amidine groups is 1. The Balaban J connectivity index is 2.34. The molecule has 0 atom stereocenters. The fourth-order valence-corrected chi connectivity index (χ4v) is 2.57. The van der Waals surface area contributed by atoms with Crippen LogP contribution in [-0.2, 0) is 14.3 Å². The first kappa shape index (κ1) is 17.8. The van der Waals surface area contributed by atoms with E-state index in [0.29, 0.717) is 37.6 Å². The summed E-state index contributed by atoms with van der Waals surface area (Å²) < 4.78 is 11.0. The molecule has 0 saturated heterocycles. The van der Waals surface area contributed by atoms with Gasteiger partial charge in [0.25, 0.3) is 6.02 Å². The summed E-state index contributed by atoms with van der Waals surface area (Å²) >= 11 is 0. The van der Waals surface area contributed by atoms with Gasteiger partial charge in [-0.05, 0) is 59.3 Å². The van der Waals surface area contributed by atoms with E-state index >= 15 is 0 Å². The number of aliphatic imine (C=N–C) groups is 1. The molecule has 21 heavy (non-hydrogen) atoms. The Morgan fingerprint density at radius 1 is 1.24 bits per heavy atom. The van der Waals surface area contributed by atoms with Crippen molar-refractivity contribution in [2.24, 2.45) is 10.9 Å². The molecule has 1 fully saturated rings. The van der Waals surface area contributed by atoms with Gasteiger partial charge in [-0.3, -0.25) is 4.79 Å². The maximum atomic E-state index is 11.5. The van der Waals surface area contributed by atoms with Crippen molar-refractivity contribution in [3.8, 4) is 0 Å². The Morgan fingerprint density at radius 3 is 2.43 bits per heavy atom. The van der Waals surface area contributed by atoms with Gasteiger partial charge in [0.2, 0.25) is 0 Å². The minimum atomic E-state index is -0.0726. The lowest BCUT2D eigenvalue weighted by molar-refractivity contribution is -0.144. The maximum Gasteiger partial charge on any atom is 0.306 e. The van der Waals surface area contributed by atoms with Crippen LogP contribution < -0.4 is 5.32 Å². The van der Waals surface area contributed by atoms with Gasteiger partial charge < -0.3 is 14.8 Å². The average molecular weight is 298 g/mol. The normalized spacial score (nSPS) is 23.0. The van der Waals surface area contributed by atoms with Gasteiger partial charge in [-0.25, -0.2) is 4.99 Å². The zero-order chi connectivity index (χ0) is 15.7. The van der Waals surface area contributed by atoms with E-state index in [-0.39, 0.29) is 12.1 Å². The monoisotopic (exact) mass is 298 g/mol. The lowest BCUT2D eigenvalue weighted by Crippen LogP contribution is -2.36. The lowest BCUT2D eigenvalue weighted by atomic mass is 9.85. The zero-order valence-corrected chi connectivity index (χ0v) is 13.9. The molecule has 1 aliphatic carbocycles. The van der Waals surface area contributed by atoms with E-state index < -0.39 is 0 Å². The smallest absolute Gasteiger partial charge is 0.306 e. The third-order valence-electron chi connectivity index (χ3n) is 3.55. The van der Waals surface area contributed by atoms with Crippen LogP contribution in [0.4, 0.5) is 0 Å². The first-order valence-electron chi connectivity index (χ1n) is 8.18. The number of nitrogens with zero attached hydrogens (tertiary/aromatic N) is 1. The summed E-state index contributed by atoms with van der Waals surface area (Å²) in [6, 6.07) is 0.969. The molecule has 1 N–H and O–H groups in total. The topological polar surface area (TPSA) is 59.9 Å². The standard InChI is InChI=1S/C16H30N2O3/c1-5-17-16(18-12(3)4)21-14-9-7-13(8-10-14)11-15(19)20-6-2/h12-14H,5-11H2,1-4H3,(H,17,18). The molecule has 0 radical (unpaired) electrons. The third kappa shape index (κ3) is 7.34. The highest BCUT2D eigenvalue weighted by Gasteiger charge is 2.25. The molecule has 1 saturated carbocycles. The minimum Gasteiger partial charge on any atom is -0.466 e. The molecule has 0 bridgehead atoms. The Morgan fingerprint density at radius 2 is 1.90 bits per heavy atom. The largest absolute Gasteiger partial charge is 0.466 e. The van der Waals surface area contributed by atoms with Crippen molar-refractivity contribution in [1.29, 1.82) is 0 Å². The summed E-state index contributed by atoms with van der Waals surface area (Å²) in [5, 5.41) is 3.24. The first-order valence-corrected chi connectivity index (χ1v) is 8.18. The average Bonchev–Trinajstić information content (AvgIpc) is 2.41. The number of carbonyl (C=O) groups excluding carboxylic acids is 1. The van der Waals surface area contributed by atoms with Gasteiger partial charge in [0, 0.05) is 19.0 Å². The molecule has 122 valence electrons.